The van der Waals surface area contributed by atoms with Crippen molar-refractivity contribution >= 4 is 0 Å². The Labute approximate surface area is 92.5 Å². The third kappa shape index (κ3) is 4.40. The van der Waals surface area contributed by atoms with Crippen LogP contribution in [0.4, 0.5) is 0 Å². The van der Waals surface area contributed by atoms with Crippen molar-refractivity contribution in [3.05, 3.63) is 29.6 Å². The Hall–Kier alpha value is -0.930. The lowest BCUT2D eigenvalue weighted by molar-refractivity contribution is 0.399. The van der Waals surface area contributed by atoms with E-state index in [0.29, 0.717) is 0 Å². The number of hydrogen-bond acceptors (Lipinski definition) is 3. The monoisotopic (exact) mass is 207 g/mol. The fraction of sp³-hybridized carbons (Fsp3) is 0.583. The lowest BCUT2D eigenvalue weighted by atomic mass is 10.1. The first-order valence-electron chi connectivity index (χ1n) is 5.52. The van der Waals surface area contributed by atoms with Crippen molar-refractivity contribution < 1.29 is 0 Å². The van der Waals surface area contributed by atoms with Crippen LogP contribution >= 0.6 is 0 Å². The molecule has 0 radical (unpaired) electrons. The predicted octanol–water partition coefficient (Wildman–Crippen LogP) is 1.30. The van der Waals surface area contributed by atoms with E-state index in [2.05, 4.69) is 42.3 Å². The number of aromatic nitrogens is 1. The van der Waals surface area contributed by atoms with Crippen LogP contribution in [-0.2, 0) is 13.0 Å². The first kappa shape index (κ1) is 12.1. The van der Waals surface area contributed by atoms with Gasteiger partial charge in [-0.25, -0.2) is 0 Å². The highest BCUT2D eigenvalue weighted by Gasteiger charge is 2.00. The fourth-order valence-electron chi connectivity index (χ4n) is 1.46. The highest BCUT2D eigenvalue weighted by Crippen LogP contribution is 2.05. The number of aryl methyl sites for hydroxylation is 1. The number of rotatable bonds is 6. The lowest BCUT2D eigenvalue weighted by Crippen LogP contribution is -2.26. The minimum absolute atomic E-state index is 0.873. The van der Waals surface area contributed by atoms with E-state index in [1.54, 1.807) is 0 Å². The molecule has 0 amide bonds. The van der Waals surface area contributed by atoms with E-state index in [1.165, 1.54) is 11.3 Å². The van der Waals surface area contributed by atoms with Gasteiger partial charge in [-0.2, -0.15) is 0 Å². The molecule has 3 heteroatoms. The van der Waals surface area contributed by atoms with E-state index in [0.717, 1.165) is 26.1 Å². The average molecular weight is 207 g/mol. The zero-order valence-electron chi connectivity index (χ0n) is 9.95. The Bertz CT molecular complexity index is 284. The van der Waals surface area contributed by atoms with Gasteiger partial charge in [-0.15, -0.1) is 0 Å². The van der Waals surface area contributed by atoms with Crippen LogP contribution in [0.1, 0.15) is 18.2 Å². The van der Waals surface area contributed by atoms with Crippen LogP contribution in [0.2, 0.25) is 0 Å². The molecule has 3 nitrogen and oxygen atoms in total. The maximum Gasteiger partial charge on any atom is 0.0573 e. The molecule has 0 aliphatic carbocycles. The fourth-order valence-corrected chi connectivity index (χ4v) is 1.46. The third-order valence-corrected chi connectivity index (χ3v) is 2.39. The van der Waals surface area contributed by atoms with Crippen molar-refractivity contribution in [3.8, 4) is 0 Å². The van der Waals surface area contributed by atoms with Gasteiger partial charge < -0.3 is 10.2 Å². The summed E-state index contributed by atoms with van der Waals surface area (Å²) < 4.78 is 0. The molecule has 0 fully saturated rings. The van der Waals surface area contributed by atoms with Crippen LogP contribution in [0.3, 0.4) is 0 Å². The van der Waals surface area contributed by atoms with Gasteiger partial charge in [0.2, 0.25) is 0 Å². The quantitative estimate of drug-likeness (QED) is 0.713. The van der Waals surface area contributed by atoms with Crippen LogP contribution in [0, 0.1) is 0 Å². The van der Waals surface area contributed by atoms with E-state index in [9.17, 15) is 0 Å². The molecule has 0 atom stereocenters. The van der Waals surface area contributed by atoms with Crippen LogP contribution in [0.25, 0.3) is 0 Å². The molecule has 15 heavy (non-hydrogen) atoms. The average Bonchev–Trinajstić information content (AvgIpc) is 2.24. The van der Waals surface area contributed by atoms with Crippen molar-refractivity contribution in [3.63, 3.8) is 0 Å². The summed E-state index contributed by atoms with van der Waals surface area (Å²) in [5.41, 5.74) is 2.52. The second kappa shape index (κ2) is 6.53. The van der Waals surface area contributed by atoms with Crippen molar-refractivity contribution in [2.75, 3.05) is 27.2 Å². The van der Waals surface area contributed by atoms with Crippen molar-refractivity contribution in [1.82, 2.24) is 15.2 Å². The zero-order chi connectivity index (χ0) is 11.1. The smallest absolute Gasteiger partial charge is 0.0573 e. The van der Waals surface area contributed by atoms with Gasteiger partial charge in [0.15, 0.2) is 0 Å². The van der Waals surface area contributed by atoms with E-state index < -0.39 is 0 Å². The van der Waals surface area contributed by atoms with Gasteiger partial charge >= 0.3 is 0 Å². The summed E-state index contributed by atoms with van der Waals surface area (Å²) >= 11 is 0. The summed E-state index contributed by atoms with van der Waals surface area (Å²) in [6.07, 6.45) is 2.92. The molecule has 1 aromatic heterocycles. The molecule has 0 aliphatic rings. The van der Waals surface area contributed by atoms with Crippen molar-refractivity contribution in [2.24, 2.45) is 0 Å². The Morgan fingerprint density at radius 2 is 2.20 bits per heavy atom. The third-order valence-electron chi connectivity index (χ3n) is 2.39. The summed E-state index contributed by atoms with van der Waals surface area (Å²) in [4.78, 5) is 6.56. The second-order valence-corrected chi connectivity index (χ2v) is 3.94. The predicted molar refractivity (Wildman–Crippen MR) is 63.9 cm³/mol. The summed E-state index contributed by atoms with van der Waals surface area (Å²) in [5.74, 6) is 0. The molecule has 0 aliphatic heterocycles. The molecule has 1 heterocycles. The Balaban J connectivity index is 2.36. The SMILES string of the molecule is CCc1cccnc1CNCCN(C)C. The van der Waals surface area contributed by atoms with E-state index >= 15 is 0 Å². The Morgan fingerprint density at radius 3 is 2.87 bits per heavy atom. The summed E-state index contributed by atoms with van der Waals surface area (Å²) in [7, 11) is 4.17. The highest BCUT2D eigenvalue weighted by molar-refractivity contribution is 5.19. The first-order chi connectivity index (χ1) is 7.24. The molecule has 84 valence electrons. The van der Waals surface area contributed by atoms with Crippen LogP contribution < -0.4 is 5.32 Å². The molecule has 0 saturated carbocycles. The van der Waals surface area contributed by atoms with Gasteiger partial charge in [-0.1, -0.05) is 13.0 Å². The van der Waals surface area contributed by atoms with Crippen LogP contribution in [-0.4, -0.2) is 37.1 Å². The molecule has 1 aromatic rings. The van der Waals surface area contributed by atoms with Crippen LogP contribution in [0.15, 0.2) is 18.3 Å². The summed E-state index contributed by atoms with van der Waals surface area (Å²) in [6.45, 7) is 5.11. The van der Waals surface area contributed by atoms with Crippen LogP contribution in [0.5, 0.6) is 0 Å². The zero-order valence-corrected chi connectivity index (χ0v) is 9.95. The molecule has 0 aromatic carbocycles. The van der Waals surface area contributed by atoms with Crippen molar-refractivity contribution in [1.29, 1.82) is 0 Å². The number of nitrogens with one attached hydrogen (secondary N) is 1. The normalized spacial score (nSPS) is 10.9. The molecule has 1 N–H and O–H groups in total. The maximum atomic E-state index is 4.39. The van der Waals surface area contributed by atoms with Gasteiger partial charge in [0.05, 0.1) is 5.69 Å². The topological polar surface area (TPSA) is 28.2 Å². The number of pyridine rings is 1. The lowest BCUT2D eigenvalue weighted by Gasteiger charge is -2.11. The minimum Gasteiger partial charge on any atom is -0.310 e. The van der Waals surface area contributed by atoms with E-state index in [1.807, 2.05) is 12.3 Å². The molecule has 0 bridgehead atoms. The summed E-state index contributed by atoms with van der Waals surface area (Å²) in [5, 5.41) is 3.40. The molecular formula is C12H21N3. The van der Waals surface area contributed by atoms with Crippen molar-refractivity contribution in [2.45, 2.75) is 19.9 Å². The molecule has 0 spiro atoms. The number of hydrogen-bond donors (Lipinski definition) is 1. The van der Waals surface area contributed by atoms with Gasteiger partial charge in [0.25, 0.3) is 0 Å². The number of likely N-dealkylation sites (N-methyl/N-ethyl adjacent to an activating group) is 1. The maximum absolute atomic E-state index is 4.39. The van der Waals surface area contributed by atoms with E-state index in [-0.39, 0.29) is 0 Å². The van der Waals surface area contributed by atoms with Gasteiger partial charge in [0.1, 0.15) is 0 Å². The molecule has 1 rings (SSSR count). The minimum atomic E-state index is 0.873. The van der Waals surface area contributed by atoms with Gasteiger partial charge in [0, 0.05) is 25.8 Å². The highest BCUT2D eigenvalue weighted by atomic mass is 15.1. The standard InChI is InChI=1S/C12H21N3/c1-4-11-6-5-7-14-12(11)10-13-8-9-15(2)3/h5-7,13H,4,8-10H2,1-3H3. The van der Waals surface area contributed by atoms with Gasteiger partial charge in [-0.05, 0) is 32.1 Å². The Morgan fingerprint density at radius 1 is 1.40 bits per heavy atom. The number of nitrogens with zero attached hydrogens (tertiary/aromatic N) is 2. The molecule has 0 unspecified atom stereocenters. The Kier molecular flexibility index (Phi) is 5.29. The largest absolute Gasteiger partial charge is 0.310 e. The molecule has 0 saturated heterocycles. The van der Waals surface area contributed by atoms with E-state index in [4.69, 9.17) is 0 Å². The molecular weight excluding hydrogens is 186 g/mol. The second-order valence-electron chi connectivity index (χ2n) is 3.94. The first-order valence-corrected chi connectivity index (χ1v) is 5.52. The summed E-state index contributed by atoms with van der Waals surface area (Å²) in [6, 6.07) is 4.15. The van der Waals surface area contributed by atoms with Gasteiger partial charge in [-0.3, -0.25) is 4.98 Å².